The normalized spacial score (nSPS) is 15.7. The van der Waals surface area contributed by atoms with E-state index >= 15 is 0 Å². The molecule has 1 aliphatic heterocycles. The first-order valence-electron chi connectivity index (χ1n) is 8.46. The smallest absolute Gasteiger partial charge is 0.147 e. The number of hydrogen-bond acceptors (Lipinski definition) is 4. The van der Waals surface area contributed by atoms with Crippen LogP contribution in [0.5, 0.6) is 0 Å². The molecule has 1 heterocycles. The van der Waals surface area contributed by atoms with Crippen LogP contribution in [0.4, 0.5) is 10.1 Å². The fourth-order valence-electron chi connectivity index (χ4n) is 3.00. The molecule has 0 atom stereocenters. The third-order valence-corrected chi connectivity index (χ3v) is 4.51. The highest BCUT2D eigenvalue weighted by molar-refractivity contribution is 5.55. The molecule has 0 aliphatic carbocycles. The molecule has 4 nitrogen and oxygen atoms in total. The van der Waals surface area contributed by atoms with Crippen molar-refractivity contribution in [1.29, 1.82) is 5.26 Å². The third kappa shape index (κ3) is 4.92. The van der Waals surface area contributed by atoms with Crippen LogP contribution < -0.4 is 10.2 Å². The van der Waals surface area contributed by atoms with E-state index in [-0.39, 0.29) is 5.82 Å². The van der Waals surface area contributed by atoms with Gasteiger partial charge in [0.1, 0.15) is 5.82 Å². The van der Waals surface area contributed by atoms with Gasteiger partial charge in [0.2, 0.25) is 0 Å². The molecule has 0 radical (unpaired) electrons. The van der Waals surface area contributed by atoms with Crippen molar-refractivity contribution in [2.24, 2.45) is 0 Å². The van der Waals surface area contributed by atoms with Crippen LogP contribution in [-0.4, -0.2) is 51.7 Å². The molecule has 0 aromatic heterocycles. The summed E-state index contributed by atoms with van der Waals surface area (Å²) in [6.07, 6.45) is 4.12. The summed E-state index contributed by atoms with van der Waals surface area (Å²) in [5.41, 5.74) is 2.11. The van der Waals surface area contributed by atoms with Crippen LogP contribution in [0.2, 0.25) is 0 Å². The molecule has 2 rings (SSSR count). The molecule has 5 heteroatoms. The third-order valence-electron chi connectivity index (χ3n) is 4.51. The highest BCUT2D eigenvalue weighted by Crippen LogP contribution is 2.26. The van der Waals surface area contributed by atoms with E-state index in [1.54, 1.807) is 0 Å². The zero-order valence-electron chi connectivity index (χ0n) is 14.2. The largest absolute Gasteiger partial charge is 0.367 e. The predicted molar refractivity (Wildman–Crippen MR) is 92.3 cm³/mol. The average molecular weight is 318 g/mol. The second-order valence-corrected chi connectivity index (χ2v) is 6.28. The minimum absolute atomic E-state index is 0.273. The van der Waals surface area contributed by atoms with Gasteiger partial charge in [0, 0.05) is 26.2 Å². The number of nitrogens with one attached hydrogen (secondary N) is 1. The van der Waals surface area contributed by atoms with Gasteiger partial charge in [0.25, 0.3) is 0 Å². The van der Waals surface area contributed by atoms with E-state index in [4.69, 9.17) is 0 Å². The Hall–Kier alpha value is -1.64. The molecule has 126 valence electrons. The summed E-state index contributed by atoms with van der Waals surface area (Å²) in [4.78, 5) is 4.35. The number of unbranched alkanes of at least 4 members (excludes halogenated alkanes) is 2. The van der Waals surface area contributed by atoms with Crippen LogP contribution in [0.1, 0.15) is 30.4 Å². The predicted octanol–water partition coefficient (Wildman–Crippen LogP) is 2.38. The number of benzene rings is 1. The second-order valence-electron chi connectivity index (χ2n) is 6.28. The molecule has 1 fully saturated rings. The Labute approximate surface area is 138 Å². The molecule has 1 aromatic rings. The SMILES string of the molecule is CNCCCCCc1cc(N2CCN(C)CC2)c(F)cc1C#N. The maximum atomic E-state index is 14.4. The molecule has 1 saturated heterocycles. The first kappa shape index (κ1) is 17.7. The number of nitrogens with zero attached hydrogens (tertiary/aromatic N) is 3. The quantitative estimate of drug-likeness (QED) is 0.784. The van der Waals surface area contributed by atoms with Crippen LogP contribution in [-0.2, 0) is 6.42 Å². The first-order chi connectivity index (χ1) is 11.2. The fraction of sp³-hybridized carbons (Fsp3) is 0.611. The Balaban J connectivity index is 2.08. The topological polar surface area (TPSA) is 42.3 Å². The number of likely N-dealkylation sites (N-methyl/N-ethyl adjacent to an activating group) is 1. The summed E-state index contributed by atoms with van der Waals surface area (Å²) in [6.45, 7) is 4.57. The Kier molecular flexibility index (Phi) is 6.82. The molecule has 1 aromatic carbocycles. The fourth-order valence-corrected chi connectivity index (χ4v) is 3.00. The van der Waals surface area contributed by atoms with Gasteiger partial charge in [-0.1, -0.05) is 6.42 Å². The summed E-state index contributed by atoms with van der Waals surface area (Å²) in [5, 5.41) is 12.4. The van der Waals surface area contributed by atoms with Gasteiger partial charge in [0.05, 0.1) is 17.3 Å². The van der Waals surface area contributed by atoms with Crippen molar-refractivity contribution in [3.8, 4) is 6.07 Å². The van der Waals surface area contributed by atoms with Crippen molar-refractivity contribution in [2.75, 3.05) is 51.7 Å². The number of aryl methyl sites for hydroxylation is 1. The van der Waals surface area contributed by atoms with Gasteiger partial charge < -0.3 is 15.1 Å². The standard InChI is InChI=1S/C18H27FN4/c1-21-7-5-3-4-6-15-13-18(17(19)12-16(15)14-20)23-10-8-22(2)9-11-23/h12-13,21H,3-11H2,1-2H3. The van der Waals surface area contributed by atoms with Gasteiger partial charge in [-0.05, 0) is 57.6 Å². The Morgan fingerprint density at radius 1 is 1.17 bits per heavy atom. The van der Waals surface area contributed by atoms with Gasteiger partial charge in [-0.25, -0.2) is 4.39 Å². The molecule has 1 aliphatic rings. The van der Waals surface area contributed by atoms with Crippen LogP contribution in [0.25, 0.3) is 0 Å². The van der Waals surface area contributed by atoms with E-state index in [2.05, 4.69) is 28.2 Å². The number of rotatable bonds is 7. The van der Waals surface area contributed by atoms with Crippen molar-refractivity contribution < 1.29 is 4.39 Å². The minimum Gasteiger partial charge on any atom is -0.367 e. The van der Waals surface area contributed by atoms with Crippen LogP contribution in [0.3, 0.4) is 0 Å². The second kappa shape index (κ2) is 8.85. The molecular weight excluding hydrogens is 291 g/mol. The zero-order valence-corrected chi connectivity index (χ0v) is 14.2. The maximum Gasteiger partial charge on any atom is 0.147 e. The number of anilines is 1. The van der Waals surface area contributed by atoms with Gasteiger partial charge in [0.15, 0.2) is 0 Å². The lowest BCUT2D eigenvalue weighted by atomic mass is 10.00. The highest BCUT2D eigenvalue weighted by atomic mass is 19.1. The van der Waals surface area contributed by atoms with E-state index in [9.17, 15) is 9.65 Å². The van der Waals surface area contributed by atoms with Gasteiger partial charge >= 0.3 is 0 Å². The van der Waals surface area contributed by atoms with Crippen molar-refractivity contribution in [3.05, 3.63) is 29.1 Å². The van der Waals surface area contributed by atoms with Gasteiger partial charge in [-0.2, -0.15) is 5.26 Å². The van der Waals surface area contributed by atoms with Crippen molar-refractivity contribution >= 4 is 5.69 Å². The highest BCUT2D eigenvalue weighted by Gasteiger charge is 2.19. The number of halogens is 1. The zero-order chi connectivity index (χ0) is 16.7. The maximum absolute atomic E-state index is 14.4. The lowest BCUT2D eigenvalue weighted by Gasteiger charge is -2.34. The minimum atomic E-state index is -0.273. The summed E-state index contributed by atoms with van der Waals surface area (Å²) in [6, 6.07) is 5.46. The van der Waals surface area contributed by atoms with E-state index in [0.717, 1.165) is 64.0 Å². The molecule has 0 bridgehead atoms. The van der Waals surface area contributed by atoms with Gasteiger partial charge in [-0.15, -0.1) is 0 Å². The van der Waals surface area contributed by atoms with Crippen molar-refractivity contribution in [3.63, 3.8) is 0 Å². The molecule has 1 N–H and O–H groups in total. The molecule has 0 spiro atoms. The Morgan fingerprint density at radius 2 is 1.91 bits per heavy atom. The lowest BCUT2D eigenvalue weighted by Crippen LogP contribution is -2.44. The summed E-state index contributed by atoms with van der Waals surface area (Å²) < 4.78 is 14.4. The monoisotopic (exact) mass is 318 g/mol. The van der Waals surface area contributed by atoms with E-state index in [1.165, 1.54) is 6.07 Å². The van der Waals surface area contributed by atoms with E-state index < -0.39 is 0 Å². The van der Waals surface area contributed by atoms with Gasteiger partial charge in [-0.3, -0.25) is 0 Å². The Morgan fingerprint density at radius 3 is 2.57 bits per heavy atom. The first-order valence-corrected chi connectivity index (χ1v) is 8.46. The Bertz CT molecular complexity index is 545. The van der Waals surface area contributed by atoms with Crippen molar-refractivity contribution in [2.45, 2.75) is 25.7 Å². The lowest BCUT2D eigenvalue weighted by molar-refractivity contribution is 0.311. The number of hydrogen-bond donors (Lipinski definition) is 1. The van der Waals surface area contributed by atoms with E-state index in [0.29, 0.717) is 11.3 Å². The van der Waals surface area contributed by atoms with Crippen LogP contribution in [0, 0.1) is 17.1 Å². The molecular formula is C18H27FN4. The molecule has 0 unspecified atom stereocenters. The van der Waals surface area contributed by atoms with Crippen LogP contribution >= 0.6 is 0 Å². The van der Waals surface area contributed by atoms with Crippen LogP contribution in [0.15, 0.2) is 12.1 Å². The van der Waals surface area contributed by atoms with E-state index in [1.807, 2.05) is 13.1 Å². The summed E-state index contributed by atoms with van der Waals surface area (Å²) in [7, 11) is 4.04. The molecule has 0 saturated carbocycles. The molecule has 23 heavy (non-hydrogen) atoms. The molecule has 0 amide bonds. The average Bonchev–Trinajstić information content (AvgIpc) is 2.56. The van der Waals surface area contributed by atoms with Crippen molar-refractivity contribution in [1.82, 2.24) is 10.2 Å². The number of nitriles is 1. The number of piperazine rings is 1. The summed E-state index contributed by atoms with van der Waals surface area (Å²) >= 11 is 0. The summed E-state index contributed by atoms with van der Waals surface area (Å²) in [5.74, 6) is -0.273.